The number of benzene rings is 1. The summed E-state index contributed by atoms with van der Waals surface area (Å²) in [6, 6.07) is 5.02. The molecule has 1 fully saturated rings. The third-order valence-corrected chi connectivity index (χ3v) is 3.52. The van der Waals surface area contributed by atoms with Crippen LogP contribution in [-0.2, 0) is 14.9 Å². The van der Waals surface area contributed by atoms with Crippen molar-refractivity contribution < 1.29 is 19.4 Å². The van der Waals surface area contributed by atoms with Gasteiger partial charge in [0, 0.05) is 0 Å². The Kier molecular flexibility index (Phi) is 2.96. The summed E-state index contributed by atoms with van der Waals surface area (Å²) in [6.07, 6.45) is 2.58. The Morgan fingerprint density at radius 1 is 1.35 bits per heavy atom. The van der Waals surface area contributed by atoms with Crippen molar-refractivity contribution in [3.63, 3.8) is 0 Å². The van der Waals surface area contributed by atoms with Gasteiger partial charge in [-0.05, 0) is 30.5 Å². The van der Waals surface area contributed by atoms with E-state index in [0.29, 0.717) is 5.75 Å². The molecular formula is C13H16O4. The smallest absolute Gasteiger partial charge is 0.316 e. The van der Waals surface area contributed by atoms with Crippen molar-refractivity contribution in [3.05, 3.63) is 23.8 Å². The van der Waals surface area contributed by atoms with Crippen LogP contribution in [0.4, 0.5) is 0 Å². The first-order valence-corrected chi connectivity index (χ1v) is 5.60. The van der Waals surface area contributed by atoms with E-state index in [9.17, 15) is 9.90 Å². The fourth-order valence-electron chi connectivity index (χ4n) is 2.31. The van der Waals surface area contributed by atoms with Crippen molar-refractivity contribution in [3.8, 4) is 11.5 Å². The SMILES string of the molecule is COC(=O)C1(c2ccc(O)c(OC)c2)CCC1. The Hall–Kier alpha value is -1.71. The molecule has 1 aromatic rings. The molecule has 2 rings (SSSR count). The Labute approximate surface area is 100 Å². The summed E-state index contributed by atoms with van der Waals surface area (Å²) >= 11 is 0. The summed E-state index contributed by atoms with van der Waals surface area (Å²) < 4.78 is 9.93. The second kappa shape index (κ2) is 4.28. The Bertz CT molecular complexity index is 435. The van der Waals surface area contributed by atoms with E-state index in [-0.39, 0.29) is 11.7 Å². The predicted molar refractivity (Wildman–Crippen MR) is 62.2 cm³/mol. The number of hydrogen-bond acceptors (Lipinski definition) is 4. The van der Waals surface area contributed by atoms with Crippen LogP contribution in [0.3, 0.4) is 0 Å². The Morgan fingerprint density at radius 3 is 2.53 bits per heavy atom. The van der Waals surface area contributed by atoms with Gasteiger partial charge in [-0.3, -0.25) is 4.79 Å². The average Bonchev–Trinajstić information content (AvgIpc) is 2.29. The van der Waals surface area contributed by atoms with E-state index in [1.165, 1.54) is 14.2 Å². The Balaban J connectivity index is 2.41. The maximum absolute atomic E-state index is 11.9. The van der Waals surface area contributed by atoms with Crippen molar-refractivity contribution in [1.29, 1.82) is 0 Å². The van der Waals surface area contributed by atoms with E-state index >= 15 is 0 Å². The highest BCUT2D eigenvalue weighted by atomic mass is 16.5. The molecule has 0 aromatic heterocycles. The molecule has 0 atom stereocenters. The summed E-state index contributed by atoms with van der Waals surface area (Å²) in [4.78, 5) is 11.9. The molecule has 0 bridgehead atoms. The van der Waals surface area contributed by atoms with E-state index in [4.69, 9.17) is 9.47 Å². The van der Waals surface area contributed by atoms with Gasteiger partial charge in [0.05, 0.1) is 19.6 Å². The molecule has 1 N–H and O–H groups in total. The molecule has 92 valence electrons. The monoisotopic (exact) mass is 236 g/mol. The zero-order valence-corrected chi connectivity index (χ0v) is 10.0. The molecule has 0 saturated heterocycles. The summed E-state index contributed by atoms with van der Waals surface area (Å²) in [5, 5.41) is 9.55. The van der Waals surface area contributed by atoms with Crippen LogP contribution < -0.4 is 4.74 Å². The molecule has 0 spiro atoms. The largest absolute Gasteiger partial charge is 0.504 e. The minimum atomic E-state index is -0.546. The second-order valence-electron chi connectivity index (χ2n) is 4.31. The number of hydrogen-bond donors (Lipinski definition) is 1. The van der Waals surface area contributed by atoms with Crippen molar-refractivity contribution in [2.45, 2.75) is 24.7 Å². The molecule has 4 nitrogen and oxygen atoms in total. The maximum Gasteiger partial charge on any atom is 0.316 e. The van der Waals surface area contributed by atoms with Crippen molar-refractivity contribution in [2.75, 3.05) is 14.2 Å². The van der Waals surface area contributed by atoms with Gasteiger partial charge in [-0.1, -0.05) is 12.5 Å². The van der Waals surface area contributed by atoms with Crippen LogP contribution in [0.15, 0.2) is 18.2 Å². The second-order valence-corrected chi connectivity index (χ2v) is 4.31. The van der Waals surface area contributed by atoms with Gasteiger partial charge in [-0.15, -0.1) is 0 Å². The third-order valence-electron chi connectivity index (χ3n) is 3.52. The van der Waals surface area contributed by atoms with Crippen LogP contribution in [0.1, 0.15) is 24.8 Å². The number of aromatic hydroxyl groups is 1. The maximum atomic E-state index is 11.9. The highest BCUT2D eigenvalue weighted by molar-refractivity contribution is 5.84. The first-order chi connectivity index (χ1) is 8.14. The molecule has 1 saturated carbocycles. The number of ether oxygens (including phenoxy) is 2. The van der Waals surface area contributed by atoms with Gasteiger partial charge in [0.15, 0.2) is 11.5 Å². The van der Waals surface area contributed by atoms with Gasteiger partial charge < -0.3 is 14.6 Å². The lowest BCUT2D eigenvalue weighted by Gasteiger charge is -2.39. The number of rotatable bonds is 3. The highest BCUT2D eigenvalue weighted by Gasteiger charge is 2.47. The van der Waals surface area contributed by atoms with E-state index < -0.39 is 5.41 Å². The summed E-state index contributed by atoms with van der Waals surface area (Å²) in [5.74, 6) is 0.254. The zero-order chi connectivity index (χ0) is 12.5. The fourth-order valence-corrected chi connectivity index (χ4v) is 2.31. The van der Waals surface area contributed by atoms with Crippen LogP contribution in [-0.4, -0.2) is 25.3 Å². The first-order valence-electron chi connectivity index (χ1n) is 5.60. The standard InChI is InChI=1S/C13H16O4/c1-16-11-8-9(4-5-10(11)14)13(6-3-7-13)12(15)17-2/h4-5,8,14H,3,6-7H2,1-2H3. The number of phenols is 1. The quantitative estimate of drug-likeness (QED) is 0.815. The van der Waals surface area contributed by atoms with Gasteiger partial charge in [0.1, 0.15) is 0 Å². The average molecular weight is 236 g/mol. The minimum absolute atomic E-state index is 0.0792. The van der Waals surface area contributed by atoms with Crippen LogP contribution in [0.2, 0.25) is 0 Å². The van der Waals surface area contributed by atoms with Crippen LogP contribution in [0, 0.1) is 0 Å². The van der Waals surface area contributed by atoms with E-state index in [1.807, 2.05) is 0 Å². The lowest BCUT2D eigenvalue weighted by Crippen LogP contribution is -2.43. The lowest BCUT2D eigenvalue weighted by atomic mass is 9.64. The summed E-state index contributed by atoms with van der Waals surface area (Å²) in [7, 11) is 2.89. The number of phenolic OH excluding ortho intramolecular Hbond substituents is 1. The van der Waals surface area contributed by atoms with E-state index in [1.54, 1.807) is 18.2 Å². The molecule has 0 heterocycles. The van der Waals surface area contributed by atoms with Crippen molar-refractivity contribution >= 4 is 5.97 Å². The fraction of sp³-hybridized carbons (Fsp3) is 0.462. The van der Waals surface area contributed by atoms with Crippen molar-refractivity contribution in [1.82, 2.24) is 0 Å². The van der Waals surface area contributed by atoms with Gasteiger partial charge in [0.2, 0.25) is 0 Å². The van der Waals surface area contributed by atoms with Crippen LogP contribution >= 0.6 is 0 Å². The first kappa shape index (κ1) is 11.8. The van der Waals surface area contributed by atoms with E-state index in [2.05, 4.69) is 0 Å². The molecular weight excluding hydrogens is 220 g/mol. The Morgan fingerprint density at radius 2 is 2.06 bits per heavy atom. The number of carbonyl (C=O) groups is 1. The topological polar surface area (TPSA) is 55.8 Å². The molecule has 0 radical (unpaired) electrons. The van der Waals surface area contributed by atoms with Crippen LogP contribution in [0.25, 0.3) is 0 Å². The predicted octanol–water partition coefficient (Wildman–Crippen LogP) is 2.00. The number of carbonyl (C=O) groups excluding carboxylic acids is 1. The van der Waals surface area contributed by atoms with Crippen LogP contribution in [0.5, 0.6) is 11.5 Å². The number of methoxy groups -OCH3 is 2. The molecule has 0 unspecified atom stereocenters. The minimum Gasteiger partial charge on any atom is -0.504 e. The molecule has 1 aliphatic carbocycles. The molecule has 1 aromatic carbocycles. The molecule has 0 aliphatic heterocycles. The van der Waals surface area contributed by atoms with Crippen molar-refractivity contribution in [2.24, 2.45) is 0 Å². The van der Waals surface area contributed by atoms with E-state index in [0.717, 1.165) is 24.8 Å². The molecule has 4 heteroatoms. The van der Waals surface area contributed by atoms with Gasteiger partial charge in [-0.25, -0.2) is 0 Å². The van der Waals surface area contributed by atoms with Gasteiger partial charge in [-0.2, -0.15) is 0 Å². The molecule has 0 amide bonds. The van der Waals surface area contributed by atoms with Gasteiger partial charge in [0.25, 0.3) is 0 Å². The third kappa shape index (κ3) is 1.73. The molecule has 1 aliphatic rings. The number of esters is 1. The summed E-state index contributed by atoms with van der Waals surface area (Å²) in [5.41, 5.74) is 0.306. The van der Waals surface area contributed by atoms with Gasteiger partial charge >= 0.3 is 5.97 Å². The molecule has 17 heavy (non-hydrogen) atoms. The highest BCUT2D eigenvalue weighted by Crippen LogP contribution is 2.46. The summed E-state index contributed by atoms with van der Waals surface area (Å²) in [6.45, 7) is 0. The lowest BCUT2D eigenvalue weighted by molar-refractivity contribution is -0.151. The zero-order valence-electron chi connectivity index (χ0n) is 10.0. The normalized spacial score (nSPS) is 17.1.